The van der Waals surface area contributed by atoms with E-state index in [1.54, 1.807) is 4.68 Å². The summed E-state index contributed by atoms with van der Waals surface area (Å²) in [7, 11) is 1.92. The number of aromatic nitrogens is 3. The normalized spacial score (nSPS) is 17.6. The molecule has 1 saturated carbocycles. The summed E-state index contributed by atoms with van der Waals surface area (Å²) >= 11 is 0. The third-order valence-electron chi connectivity index (χ3n) is 5.23. The summed E-state index contributed by atoms with van der Waals surface area (Å²) in [5.41, 5.74) is 5.32. The van der Waals surface area contributed by atoms with Crippen LogP contribution in [-0.2, 0) is 11.8 Å². The Morgan fingerprint density at radius 2 is 2.08 bits per heavy atom. The van der Waals surface area contributed by atoms with E-state index in [-0.39, 0.29) is 5.91 Å². The second-order valence-corrected chi connectivity index (χ2v) is 7.12. The van der Waals surface area contributed by atoms with Gasteiger partial charge in [0.05, 0.1) is 17.4 Å². The molecule has 1 aliphatic carbocycles. The summed E-state index contributed by atoms with van der Waals surface area (Å²) < 4.78 is 1.80. The number of nitrogens with zero attached hydrogens (tertiary/aromatic N) is 4. The van der Waals surface area contributed by atoms with Crippen LogP contribution in [0.25, 0.3) is 22.2 Å². The monoisotopic (exact) mass is 332 g/mol. The maximum Gasteiger partial charge on any atom is 0.227 e. The van der Waals surface area contributed by atoms with E-state index in [0.717, 1.165) is 35.4 Å². The largest absolute Gasteiger partial charge is 0.312 e. The summed E-state index contributed by atoms with van der Waals surface area (Å²) in [6.45, 7) is 0.808. The minimum atomic E-state index is 0.213. The second-order valence-electron chi connectivity index (χ2n) is 7.12. The molecule has 0 bridgehead atoms. The smallest absolute Gasteiger partial charge is 0.227 e. The lowest BCUT2D eigenvalue weighted by molar-refractivity contribution is -0.117. The van der Waals surface area contributed by atoms with Crippen molar-refractivity contribution < 1.29 is 4.79 Å². The van der Waals surface area contributed by atoms with Gasteiger partial charge in [0.25, 0.3) is 0 Å². The first-order valence-corrected chi connectivity index (χ1v) is 8.93. The van der Waals surface area contributed by atoms with Gasteiger partial charge in [-0.2, -0.15) is 5.10 Å². The Labute approximate surface area is 146 Å². The molecule has 5 nitrogen and oxygen atoms in total. The van der Waals surface area contributed by atoms with Crippen LogP contribution in [0, 0.1) is 0 Å². The summed E-state index contributed by atoms with van der Waals surface area (Å²) in [6, 6.07) is 8.51. The highest BCUT2D eigenvalue weighted by atomic mass is 16.2. The van der Waals surface area contributed by atoms with Crippen molar-refractivity contribution in [1.82, 2.24) is 14.8 Å². The van der Waals surface area contributed by atoms with Gasteiger partial charge in [-0.3, -0.25) is 9.48 Å². The molecule has 25 heavy (non-hydrogen) atoms. The number of benzene rings is 1. The molecular formula is C20H20N4O. The number of aryl methyl sites for hydroxylation is 1. The Morgan fingerprint density at radius 3 is 2.76 bits per heavy atom. The zero-order valence-electron chi connectivity index (χ0n) is 14.3. The van der Waals surface area contributed by atoms with Crippen LogP contribution in [0.4, 0.5) is 5.69 Å². The van der Waals surface area contributed by atoms with Gasteiger partial charge in [-0.15, -0.1) is 0 Å². The van der Waals surface area contributed by atoms with Gasteiger partial charge in [0.2, 0.25) is 5.91 Å². The summed E-state index contributed by atoms with van der Waals surface area (Å²) in [4.78, 5) is 18.9. The average Bonchev–Trinajstić information content (AvgIpc) is 3.23. The van der Waals surface area contributed by atoms with Crippen LogP contribution in [0.2, 0.25) is 0 Å². The molecule has 1 aromatic carbocycles. The van der Waals surface area contributed by atoms with Crippen molar-refractivity contribution in [3.8, 4) is 11.3 Å². The molecule has 2 aliphatic rings. The number of hydrogen-bond donors (Lipinski definition) is 0. The fraction of sp³-hybridized carbons (Fsp3) is 0.350. The molecular weight excluding hydrogens is 312 g/mol. The number of hydrogen-bond acceptors (Lipinski definition) is 3. The minimum Gasteiger partial charge on any atom is -0.312 e. The molecule has 0 N–H and O–H groups in total. The zero-order valence-corrected chi connectivity index (χ0v) is 14.3. The summed E-state index contributed by atoms with van der Waals surface area (Å²) in [6.07, 6.45) is 7.94. The molecule has 0 unspecified atom stereocenters. The van der Waals surface area contributed by atoms with Crippen LogP contribution < -0.4 is 4.90 Å². The van der Waals surface area contributed by atoms with Gasteiger partial charge in [-0.05, 0) is 48.9 Å². The van der Waals surface area contributed by atoms with Gasteiger partial charge in [0, 0.05) is 42.8 Å². The maximum atomic E-state index is 12.1. The molecule has 2 aromatic heterocycles. The van der Waals surface area contributed by atoms with Gasteiger partial charge in [0.1, 0.15) is 0 Å². The number of fused-ring (bicyclic) bond motifs is 1. The Balaban J connectivity index is 1.67. The number of anilines is 1. The third kappa shape index (κ3) is 2.51. The Bertz CT molecular complexity index is 987. The van der Waals surface area contributed by atoms with E-state index in [9.17, 15) is 4.79 Å². The second kappa shape index (κ2) is 5.41. The highest BCUT2D eigenvalue weighted by Gasteiger charge is 2.27. The topological polar surface area (TPSA) is 51.0 Å². The summed E-state index contributed by atoms with van der Waals surface area (Å²) in [5, 5.41) is 5.49. The molecule has 1 amide bonds. The van der Waals surface area contributed by atoms with Crippen molar-refractivity contribution in [2.24, 2.45) is 7.05 Å². The average molecular weight is 332 g/mol. The molecule has 5 heteroatoms. The third-order valence-corrected chi connectivity index (χ3v) is 5.23. The van der Waals surface area contributed by atoms with Gasteiger partial charge in [-0.25, -0.2) is 4.98 Å². The van der Waals surface area contributed by atoms with Crippen molar-refractivity contribution in [3.05, 3.63) is 42.2 Å². The highest BCUT2D eigenvalue weighted by molar-refractivity contribution is 5.98. The Morgan fingerprint density at radius 1 is 1.20 bits per heavy atom. The van der Waals surface area contributed by atoms with E-state index >= 15 is 0 Å². The lowest BCUT2D eigenvalue weighted by Crippen LogP contribution is -2.23. The van der Waals surface area contributed by atoms with E-state index in [4.69, 9.17) is 4.98 Å². The standard InChI is InChI=1S/C20H20N4O/c1-23-12-14(11-21-23)18-10-17(13-4-5-13)16-7-6-15(9-19(16)22-18)24-8-2-3-20(24)25/h6-7,9-13H,2-5,8H2,1H3. The van der Waals surface area contributed by atoms with Crippen molar-refractivity contribution in [2.45, 2.75) is 31.6 Å². The fourth-order valence-electron chi connectivity index (χ4n) is 3.77. The molecule has 0 atom stereocenters. The van der Waals surface area contributed by atoms with Crippen LogP contribution in [0.3, 0.4) is 0 Å². The fourth-order valence-corrected chi connectivity index (χ4v) is 3.77. The molecule has 2 fully saturated rings. The molecule has 0 radical (unpaired) electrons. The van der Waals surface area contributed by atoms with Crippen LogP contribution in [-0.4, -0.2) is 27.2 Å². The van der Waals surface area contributed by atoms with Gasteiger partial charge in [-0.1, -0.05) is 6.07 Å². The summed E-state index contributed by atoms with van der Waals surface area (Å²) in [5.74, 6) is 0.852. The number of pyridine rings is 1. The molecule has 126 valence electrons. The SMILES string of the molecule is Cn1cc(-c2cc(C3CC3)c3ccc(N4CCCC4=O)cc3n2)cn1. The van der Waals surface area contributed by atoms with Crippen LogP contribution >= 0.6 is 0 Å². The van der Waals surface area contributed by atoms with Crippen LogP contribution in [0.1, 0.15) is 37.2 Å². The number of amides is 1. The van der Waals surface area contributed by atoms with Crippen LogP contribution in [0.15, 0.2) is 36.7 Å². The lowest BCUT2D eigenvalue weighted by Gasteiger charge is -2.17. The molecule has 1 saturated heterocycles. The van der Waals surface area contributed by atoms with E-state index in [2.05, 4.69) is 29.4 Å². The van der Waals surface area contributed by atoms with Gasteiger partial charge in [0.15, 0.2) is 0 Å². The van der Waals surface area contributed by atoms with Crippen molar-refractivity contribution in [3.63, 3.8) is 0 Å². The molecule has 3 aromatic rings. The van der Waals surface area contributed by atoms with Gasteiger partial charge >= 0.3 is 0 Å². The number of carbonyl (C=O) groups excluding carboxylic acids is 1. The van der Waals surface area contributed by atoms with Crippen molar-refractivity contribution >= 4 is 22.5 Å². The predicted molar refractivity (Wildman–Crippen MR) is 97.5 cm³/mol. The van der Waals surface area contributed by atoms with Crippen LogP contribution in [0.5, 0.6) is 0 Å². The van der Waals surface area contributed by atoms with E-state index in [0.29, 0.717) is 12.3 Å². The van der Waals surface area contributed by atoms with E-state index in [1.165, 1.54) is 23.8 Å². The first-order valence-electron chi connectivity index (χ1n) is 8.93. The molecule has 1 aliphatic heterocycles. The number of carbonyl (C=O) groups is 1. The van der Waals surface area contributed by atoms with Gasteiger partial charge < -0.3 is 4.90 Å². The Hall–Kier alpha value is -2.69. The first-order chi connectivity index (χ1) is 12.2. The predicted octanol–water partition coefficient (Wildman–Crippen LogP) is 3.64. The van der Waals surface area contributed by atoms with Crippen molar-refractivity contribution in [1.29, 1.82) is 0 Å². The van der Waals surface area contributed by atoms with E-state index < -0.39 is 0 Å². The number of rotatable bonds is 3. The molecule has 3 heterocycles. The Kier molecular flexibility index (Phi) is 3.17. The minimum absolute atomic E-state index is 0.213. The molecule has 0 spiro atoms. The first kappa shape index (κ1) is 14.6. The zero-order chi connectivity index (χ0) is 17.0. The maximum absolute atomic E-state index is 12.1. The lowest BCUT2D eigenvalue weighted by atomic mass is 10.0. The van der Waals surface area contributed by atoms with Crippen molar-refractivity contribution in [2.75, 3.05) is 11.4 Å². The molecule has 5 rings (SSSR count). The quantitative estimate of drug-likeness (QED) is 0.736. The van der Waals surface area contributed by atoms with E-state index in [1.807, 2.05) is 24.3 Å². The highest BCUT2D eigenvalue weighted by Crippen LogP contribution is 2.44.